The zero-order chi connectivity index (χ0) is 16.2. The summed E-state index contributed by atoms with van der Waals surface area (Å²) in [7, 11) is 0. The second-order valence-corrected chi connectivity index (χ2v) is 5.89. The largest absolute Gasteiger partial charge is 0.444 e. The third-order valence-corrected chi connectivity index (χ3v) is 2.72. The minimum Gasteiger partial charge on any atom is -0.444 e. The van der Waals surface area contributed by atoms with Crippen molar-refractivity contribution in [3.63, 3.8) is 0 Å². The topological polar surface area (TPSA) is 90.1 Å². The zero-order valence-electron chi connectivity index (χ0n) is 13.0. The molecule has 3 N–H and O–H groups in total. The van der Waals surface area contributed by atoms with Crippen molar-refractivity contribution in [3.8, 4) is 11.4 Å². The van der Waals surface area contributed by atoms with Crippen LogP contribution in [0, 0.1) is 0 Å². The molecular weight excluding hydrogens is 280 g/mol. The number of rotatable bonds is 3. The molecular formula is C16H20N4O2. The molecule has 0 unspecified atom stereocenters. The lowest BCUT2D eigenvalue weighted by Gasteiger charge is -2.19. The number of nitrogens with two attached hydrogens (primary N) is 1. The smallest absolute Gasteiger partial charge is 0.407 e. The van der Waals surface area contributed by atoms with Crippen LogP contribution in [0.2, 0.25) is 0 Å². The molecule has 6 nitrogen and oxygen atoms in total. The van der Waals surface area contributed by atoms with Gasteiger partial charge < -0.3 is 15.8 Å². The lowest BCUT2D eigenvalue weighted by Crippen LogP contribution is -2.32. The first-order valence-electron chi connectivity index (χ1n) is 6.97. The molecule has 2 aromatic rings. The molecule has 0 saturated carbocycles. The fraction of sp³-hybridized carbons (Fsp3) is 0.312. The number of carbonyl (C=O) groups is 1. The first kappa shape index (κ1) is 15.8. The molecule has 1 amide bonds. The second-order valence-electron chi connectivity index (χ2n) is 5.89. The highest BCUT2D eigenvalue weighted by molar-refractivity contribution is 5.67. The summed E-state index contributed by atoms with van der Waals surface area (Å²) in [6.45, 7) is 5.88. The number of nitrogen functional groups attached to an aromatic ring is 1. The molecule has 116 valence electrons. The first-order valence-corrected chi connectivity index (χ1v) is 6.97. The first-order chi connectivity index (χ1) is 10.3. The van der Waals surface area contributed by atoms with Gasteiger partial charge >= 0.3 is 6.09 Å². The van der Waals surface area contributed by atoms with Crippen molar-refractivity contribution in [1.29, 1.82) is 0 Å². The van der Waals surface area contributed by atoms with Gasteiger partial charge in [0.2, 0.25) is 0 Å². The molecule has 0 radical (unpaired) electrons. The van der Waals surface area contributed by atoms with Gasteiger partial charge in [0.05, 0.1) is 18.1 Å². The number of hydrogen-bond acceptors (Lipinski definition) is 5. The van der Waals surface area contributed by atoms with Crippen LogP contribution in [0.15, 0.2) is 36.7 Å². The number of aromatic nitrogens is 2. The maximum absolute atomic E-state index is 11.6. The zero-order valence-corrected chi connectivity index (χ0v) is 13.0. The van der Waals surface area contributed by atoms with Gasteiger partial charge in [-0.05, 0) is 26.3 Å². The van der Waals surface area contributed by atoms with Crippen LogP contribution in [-0.4, -0.2) is 21.7 Å². The highest BCUT2D eigenvalue weighted by Crippen LogP contribution is 2.16. The molecule has 6 heteroatoms. The fourth-order valence-electron chi connectivity index (χ4n) is 1.75. The summed E-state index contributed by atoms with van der Waals surface area (Å²) < 4.78 is 5.18. The molecule has 0 fully saturated rings. The predicted molar refractivity (Wildman–Crippen MR) is 85.0 cm³/mol. The Morgan fingerprint density at radius 3 is 2.32 bits per heavy atom. The third-order valence-electron chi connectivity index (χ3n) is 2.72. The quantitative estimate of drug-likeness (QED) is 0.909. The van der Waals surface area contributed by atoms with Gasteiger partial charge in [-0.25, -0.2) is 14.8 Å². The molecule has 0 spiro atoms. The molecule has 0 aliphatic carbocycles. The molecule has 2 rings (SSSR count). The molecule has 1 heterocycles. The van der Waals surface area contributed by atoms with E-state index in [1.165, 1.54) is 0 Å². The van der Waals surface area contributed by atoms with Crippen LogP contribution in [0.5, 0.6) is 0 Å². The Labute approximate surface area is 129 Å². The normalized spacial score (nSPS) is 11.0. The van der Waals surface area contributed by atoms with E-state index in [0.717, 1.165) is 11.1 Å². The number of carbonyl (C=O) groups excluding carboxylic acids is 1. The van der Waals surface area contributed by atoms with Gasteiger partial charge in [0.25, 0.3) is 0 Å². The highest BCUT2D eigenvalue weighted by Gasteiger charge is 2.15. The molecule has 1 aromatic heterocycles. The lowest BCUT2D eigenvalue weighted by molar-refractivity contribution is 0.0523. The van der Waals surface area contributed by atoms with Gasteiger partial charge in [-0.2, -0.15) is 0 Å². The van der Waals surface area contributed by atoms with Crippen molar-refractivity contribution in [2.75, 3.05) is 5.73 Å². The van der Waals surface area contributed by atoms with E-state index in [0.29, 0.717) is 18.1 Å². The summed E-state index contributed by atoms with van der Waals surface area (Å²) in [5.74, 6) is 0.612. The van der Waals surface area contributed by atoms with Gasteiger partial charge in [-0.1, -0.05) is 24.3 Å². The average Bonchev–Trinajstić information content (AvgIpc) is 2.45. The third kappa shape index (κ3) is 4.73. The number of ether oxygens (including phenoxy) is 1. The van der Waals surface area contributed by atoms with E-state index in [1.54, 1.807) is 12.4 Å². The number of amides is 1. The number of nitrogens with one attached hydrogen (secondary N) is 1. The monoisotopic (exact) mass is 300 g/mol. The minimum atomic E-state index is -0.500. The summed E-state index contributed by atoms with van der Waals surface area (Å²) >= 11 is 0. The van der Waals surface area contributed by atoms with Crippen LogP contribution in [0.4, 0.5) is 10.5 Å². The summed E-state index contributed by atoms with van der Waals surface area (Å²) in [5.41, 5.74) is 7.45. The lowest BCUT2D eigenvalue weighted by atomic mass is 10.1. The molecule has 0 bridgehead atoms. The second kappa shape index (κ2) is 6.43. The number of benzene rings is 1. The Kier molecular flexibility index (Phi) is 4.60. The summed E-state index contributed by atoms with van der Waals surface area (Å²) in [4.78, 5) is 19.9. The number of hydrogen-bond donors (Lipinski definition) is 2. The van der Waals surface area contributed by atoms with Crippen LogP contribution < -0.4 is 11.1 Å². The maximum Gasteiger partial charge on any atom is 0.407 e. The SMILES string of the molecule is CC(C)(C)OC(=O)NCc1ccc(-c2ncc(N)cn2)cc1. The van der Waals surface area contributed by atoms with E-state index in [4.69, 9.17) is 10.5 Å². The summed E-state index contributed by atoms with van der Waals surface area (Å²) in [6, 6.07) is 7.62. The van der Waals surface area contributed by atoms with Crippen LogP contribution in [0.25, 0.3) is 11.4 Å². The Hall–Kier alpha value is -2.63. The van der Waals surface area contributed by atoms with E-state index in [9.17, 15) is 4.79 Å². The van der Waals surface area contributed by atoms with Crippen molar-refractivity contribution in [2.24, 2.45) is 0 Å². The van der Waals surface area contributed by atoms with E-state index in [2.05, 4.69) is 15.3 Å². The van der Waals surface area contributed by atoms with Crippen LogP contribution in [-0.2, 0) is 11.3 Å². The number of nitrogens with zero attached hydrogens (tertiary/aromatic N) is 2. The van der Waals surface area contributed by atoms with E-state index < -0.39 is 11.7 Å². The van der Waals surface area contributed by atoms with Crippen molar-refractivity contribution in [2.45, 2.75) is 32.9 Å². The van der Waals surface area contributed by atoms with Gasteiger partial charge in [-0.3, -0.25) is 0 Å². The van der Waals surface area contributed by atoms with Crippen LogP contribution >= 0.6 is 0 Å². The Morgan fingerprint density at radius 1 is 1.18 bits per heavy atom. The standard InChI is InChI=1S/C16H20N4O2/c1-16(2,3)22-15(21)20-8-11-4-6-12(7-5-11)14-18-9-13(17)10-19-14/h4-7,9-10H,8,17H2,1-3H3,(H,20,21). The van der Waals surface area contributed by atoms with Crippen molar-refractivity contribution < 1.29 is 9.53 Å². The predicted octanol–water partition coefficient (Wildman–Crippen LogP) is 2.75. The van der Waals surface area contributed by atoms with E-state index >= 15 is 0 Å². The summed E-state index contributed by atoms with van der Waals surface area (Å²) in [5, 5.41) is 2.71. The molecule has 1 aromatic carbocycles. The van der Waals surface area contributed by atoms with Crippen LogP contribution in [0.1, 0.15) is 26.3 Å². The molecule has 22 heavy (non-hydrogen) atoms. The van der Waals surface area contributed by atoms with Gasteiger partial charge in [0.1, 0.15) is 5.60 Å². The molecule has 0 atom stereocenters. The van der Waals surface area contributed by atoms with E-state index in [1.807, 2.05) is 45.0 Å². The van der Waals surface area contributed by atoms with Crippen molar-refractivity contribution >= 4 is 11.8 Å². The fourth-order valence-corrected chi connectivity index (χ4v) is 1.75. The van der Waals surface area contributed by atoms with Gasteiger partial charge in [0.15, 0.2) is 5.82 Å². The summed E-state index contributed by atoms with van der Waals surface area (Å²) in [6.07, 6.45) is 2.71. The van der Waals surface area contributed by atoms with Crippen LogP contribution in [0.3, 0.4) is 0 Å². The Bertz CT molecular complexity index is 631. The van der Waals surface area contributed by atoms with Gasteiger partial charge in [-0.15, -0.1) is 0 Å². The molecule has 0 aliphatic heterocycles. The maximum atomic E-state index is 11.6. The average molecular weight is 300 g/mol. The Balaban J connectivity index is 1.95. The van der Waals surface area contributed by atoms with Crippen molar-refractivity contribution in [1.82, 2.24) is 15.3 Å². The van der Waals surface area contributed by atoms with E-state index in [-0.39, 0.29) is 0 Å². The van der Waals surface area contributed by atoms with Gasteiger partial charge in [0, 0.05) is 12.1 Å². The highest BCUT2D eigenvalue weighted by atomic mass is 16.6. The number of alkyl carbamates (subject to hydrolysis) is 1. The molecule has 0 aliphatic rings. The molecule has 0 saturated heterocycles. The number of anilines is 1. The Morgan fingerprint density at radius 2 is 1.77 bits per heavy atom. The minimum absolute atomic E-state index is 0.401. The van der Waals surface area contributed by atoms with Crippen molar-refractivity contribution in [3.05, 3.63) is 42.2 Å².